The van der Waals surface area contributed by atoms with E-state index in [0.29, 0.717) is 25.6 Å². The highest BCUT2D eigenvalue weighted by Gasteiger charge is 2.33. The van der Waals surface area contributed by atoms with Gasteiger partial charge in [-0.1, -0.05) is 61.5 Å². The summed E-state index contributed by atoms with van der Waals surface area (Å²) in [5.41, 5.74) is 4.14. The monoisotopic (exact) mass is 615 g/mol. The number of sulfone groups is 1. The number of hydrogen-bond donors (Lipinski definition) is 3. The molecule has 0 radical (unpaired) electrons. The molecular weight excluding hydrogens is 574 g/mol. The van der Waals surface area contributed by atoms with E-state index in [1.807, 2.05) is 74.6 Å². The molecule has 2 unspecified atom stereocenters. The van der Waals surface area contributed by atoms with E-state index in [1.165, 1.54) is 11.6 Å². The third-order valence-electron chi connectivity index (χ3n) is 8.43. The number of nitrogens with zero attached hydrogens (tertiary/aromatic N) is 2. The lowest BCUT2D eigenvalue weighted by molar-refractivity contribution is -0.118. The topological polar surface area (TPSA) is 115 Å². The Kier molecular flexibility index (Phi) is 9.41. The van der Waals surface area contributed by atoms with E-state index in [2.05, 4.69) is 27.8 Å². The van der Waals surface area contributed by atoms with Crippen LogP contribution in [-0.2, 0) is 21.2 Å². The van der Waals surface area contributed by atoms with Crippen LogP contribution in [0, 0.1) is 0 Å². The predicted octanol–water partition coefficient (Wildman–Crippen LogP) is 5.33. The normalized spacial score (nSPS) is 15.7. The number of carbonyl (C=O) groups is 2. The molecule has 3 amide bonds. The van der Waals surface area contributed by atoms with Gasteiger partial charge >= 0.3 is 6.03 Å². The highest BCUT2D eigenvalue weighted by molar-refractivity contribution is 7.90. The van der Waals surface area contributed by atoms with E-state index in [1.54, 1.807) is 17.0 Å². The Labute approximate surface area is 259 Å². The minimum atomic E-state index is -3.64. The second kappa shape index (κ2) is 13.2. The lowest BCUT2D eigenvalue weighted by Crippen LogP contribution is -2.53. The summed E-state index contributed by atoms with van der Waals surface area (Å²) < 4.78 is 25.4. The average Bonchev–Trinajstić information content (AvgIpc) is 3.43. The Balaban J connectivity index is 1.42. The molecule has 5 rings (SSSR count). The van der Waals surface area contributed by atoms with Crippen LogP contribution in [0.1, 0.15) is 48.3 Å². The van der Waals surface area contributed by atoms with Crippen molar-refractivity contribution >= 4 is 38.4 Å². The van der Waals surface area contributed by atoms with Gasteiger partial charge in [-0.15, -0.1) is 0 Å². The number of para-hydroxylation sites is 1. The summed E-state index contributed by atoms with van der Waals surface area (Å²) >= 11 is 0. The van der Waals surface area contributed by atoms with Gasteiger partial charge in [0.05, 0.1) is 10.6 Å². The zero-order chi connectivity index (χ0) is 31.4. The molecular formula is C34H41N5O4S. The minimum Gasteiger partial charge on any atom is -0.361 e. The standard InChI is InChI=1S/C34H41N5O4S/c1-23(28-21-35-29-13-9-8-12-27(28)29)32(37-34(41)39-18-16-26(17-19-39)25-10-6-5-7-11-25)33(40)36-30-20-24(22-38(2)3)14-15-31(30)44(4,42)43/h5-15,20-21,23,26,32,35H,16-19,22H2,1-4H3,(H,36,40)(H,37,41). The smallest absolute Gasteiger partial charge is 0.318 e. The summed E-state index contributed by atoms with van der Waals surface area (Å²) in [6, 6.07) is 21.8. The SMILES string of the molecule is CC(c1c[nH]c2ccccc12)C(NC(=O)N1CCC(c2ccccc2)CC1)C(=O)Nc1cc(CN(C)C)ccc1S(C)(=O)=O. The van der Waals surface area contributed by atoms with Crippen molar-refractivity contribution in [3.8, 4) is 0 Å². The molecule has 0 bridgehead atoms. The van der Waals surface area contributed by atoms with Crippen LogP contribution >= 0.6 is 0 Å². The predicted molar refractivity (Wildman–Crippen MR) is 175 cm³/mol. The van der Waals surface area contributed by atoms with Crippen LogP contribution in [-0.4, -0.2) is 74.6 Å². The fourth-order valence-electron chi connectivity index (χ4n) is 6.11. The molecule has 10 heteroatoms. The number of benzene rings is 3. The van der Waals surface area contributed by atoms with Gasteiger partial charge in [-0.25, -0.2) is 13.2 Å². The lowest BCUT2D eigenvalue weighted by atomic mass is 9.89. The van der Waals surface area contributed by atoms with E-state index in [9.17, 15) is 18.0 Å². The van der Waals surface area contributed by atoms with E-state index < -0.39 is 27.7 Å². The molecule has 9 nitrogen and oxygen atoms in total. The number of anilines is 1. The number of likely N-dealkylation sites (tertiary alicyclic amines) is 1. The van der Waals surface area contributed by atoms with Gasteiger partial charge in [0, 0.05) is 48.9 Å². The maximum Gasteiger partial charge on any atom is 0.318 e. The number of hydrogen-bond acceptors (Lipinski definition) is 5. The maximum atomic E-state index is 14.1. The van der Waals surface area contributed by atoms with E-state index in [-0.39, 0.29) is 16.6 Å². The molecule has 3 aromatic carbocycles. The maximum absolute atomic E-state index is 14.1. The number of aromatic nitrogens is 1. The zero-order valence-electron chi connectivity index (χ0n) is 25.7. The van der Waals surface area contributed by atoms with Crippen LogP contribution in [0.2, 0.25) is 0 Å². The number of rotatable bonds is 9. The van der Waals surface area contributed by atoms with Gasteiger partial charge in [-0.05, 0) is 67.7 Å². The van der Waals surface area contributed by atoms with Crippen LogP contribution < -0.4 is 10.6 Å². The highest BCUT2D eigenvalue weighted by Crippen LogP contribution is 2.31. The largest absolute Gasteiger partial charge is 0.361 e. The molecule has 2 heterocycles. The Morgan fingerprint density at radius 2 is 1.68 bits per heavy atom. The van der Waals surface area contributed by atoms with Crippen LogP contribution in [0.3, 0.4) is 0 Å². The Bertz CT molecular complexity index is 1730. The summed E-state index contributed by atoms with van der Waals surface area (Å²) in [7, 11) is 0.193. The van der Waals surface area contributed by atoms with Crippen LogP contribution in [0.4, 0.5) is 10.5 Å². The van der Waals surface area contributed by atoms with Crippen LogP contribution in [0.5, 0.6) is 0 Å². The molecule has 44 heavy (non-hydrogen) atoms. The first kappa shape index (κ1) is 31.3. The number of urea groups is 1. The van der Waals surface area contributed by atoms with Gasteiger partial charge in [-0.2, -0.15) is 0 Å². The Hall–Kier alpha value is -4.15. The molecule has 0 saturated carbocycles. The Morgan fingerprint density at radius 1 is 1.00 bits per heavy atom. The molecule has 2 atom stereocenters. The van der Waals surface area contributed by atoms with E-state index in [4.69, 9.17) is 0 Å². The van der Waals surface area contributed by atoms with Crippen LogP contribution in [0.25, 0.3) is 10.9 Å². The fraction of sp³-hybridized carbons (Fsp3) is 0.353. The number of piperidine rings is 1. The molecule has 1 aliphatic rings. The molecule has 1 aliphatic heterocycles. The molecule has 4 aromatic rings. The summed E-state index contributed by atoms with van der Waals surface area (Å²) in [5.74, 6) is -0.529. The molecule has 1 saturated heterocycles. The van der Waals surface area contributed by atoms with Gasteiger partial charge in [-0.3, -0.25) is 4.79 Å². The van der Waals surface area contributed by atoms with Crippen molar-refractivity contribution in [2.24, 2.45) is 0 Å². The summed E-state index contributed by atoms with van der Waals surface area (Å²) in [6.07, 6.45) is 4.66. The molecule has 1 aromatic heterocycles. The molecule has 0 aliphatic carbocycles. The second-order valence-corrected chi connectivity index (χ2v) is 14.0. The van der Waals surface area contributed by atoms with Gasteiger partial charge in [0.2, 0.25) is 5.91 Å². The Morgan fingerprint density at radius 3 is 2.36 bits per heavy atom. The van der Waals surface area contributed by atoms with Crippen molar-refractivity contribution in [2.75, 3.05) is 38.8 Å². The number of nitrogens with one attached hydrogen (secondary N) is 3. The second-order valence-electron chi connectivity index (χ2n) is 12.0. The van der Waals surface area contributed by atoms with E-state index >= 15 is 0 Å². The van der Waals surface area contributed by atoms with E-state index in [0.717, 1.165) is 41.1 Å². The van der Waals surface area contributed by atoms with Crippen molar-refractivity contribution in [1.29, 1.82) is 0 Å². The van der Waals surface area contributed by atoms with Gasteiger partial charge in [0.15, 0.2) is 9.84 Å². The van der Waals surface area contributed by atoms with Crippen molar-refractivity contribution in [2.45, 2.75) is 49.1 Å². The summed E-state index contributed by atoms with van der Waals surface area (Å²) in [4.78, 5) is 34.8. The highest BCUT2D eigenvalue weighted by atomic mass is 32.2. The number of aromatic amines is 1. The first-order valence-corrected chi connectivity index (χ1v) is 16.9. The number of H-pyrrole nitrogens is 1. The lowest BCUT2D eigenvalue weighted by Gasteiger charge is -2.34. The molecule has 3 N–H and O–H groups in total. The van der Waals surface area contributed by atoms with Crippen LogP contribution in [0.15, 0.2) is 83.9 Å². The van der Waals surface area contributed by atoms with Crippen molar-refractivity contribution < 1.29 is 18.0 Å². The first-order chi connectivity index (χ1) is 21.0. The van der Waals surface area contributed by atoms with Gasteiger partial charge in [0.25, 0.3) is 0 Å². The van der Waals surface area contributed by atoms with Crippen molar-refractivity contribution in [3.05, 3.63) is 95.7 Å². The number of fused-ring (bicyclic) bond motifs is 1. The molecule has 0 spiro atoms. The summed E-state index contributed by atoms with van der Waals surface area (Å²) in [6.45, 7) is 3.62. The van der Waals surface area contributed by atoms with Gasteiger partial charge < -0.3 is 25.4 Å². The zero-order valence-corrected chi connectivity index (χ0v) is 26.5. The van der Waals surface area contributed by atoms with Crippen molar-refractivity contribution in [3.63, 3.8) is 0 Å². The first-order valence-electron chi connectivity index (χ1n) is 15.0. The number of amides is 3. The van der Waals surface area contributed by atoms with Crippen molar-refractivity contribution in [1.82, 2.24) is 20.1 Å². The van der Waals surface area contributed by atoms with Gasteiger partial charge in [0.1, 0.15) is 6.04 Å². The number of carbonyl (C=O) groups excluding carboxylic acids is 2. The fourth-order valence-corrected chi connectivity index (χ4v) is 6.93. The minimum absolute atomic E-state index is 0.0289. The third-order valence-corrected chi connectivity index (χ3v) is 9.58. The molecule has 1 fully saturated rings. The quantitative estimate of drug-likeness (QED) is 0.235. The third kappa shape index (κ3) is 7.14. The average molecular weight is 616 g/mol. The summed E-state index contributed by atoms with van der Waals surface area (Å²) in [5, 5.41) is 6.86. The molecule has 232 valence electrons.